The van der Waals surface area contributed by atoms with Gasteiger partial charge in [0.1, 0.15) is 0 Å². The van der Waals surface area contributed by atoms with Gasteiger partial charge in [0.2, 0.25) is 0 Å². The Bertz CT molecular complexity index is 4110. The molecule has 0 saturated carbocycles. The molecule has 0 spiro atoms. The van der Waals surface area contributed by atoms with Gasteiger partial charge in [0, 0.05) is 55.3 Å². The van der Waals surface area contributed by atoms with Gasteiger partial charge in [-0.2, -0.15) is 23.7 Å². The van der Waals surface area contributed by atoms with Crippen molar-refractivity contribution in [2.24, 2.45) is 0 Å². The molecule has 0 N–H and O–H groups in total. The first-order valence-corrected chi connectivity index (χ1v) is 24.8. The van der Waals surface area contributed by atoms with Crippen LogP contribution in [-0.4, -0.2) is 24.5 Å². The number of nitrogens with zero attached hydrogens (tertiary/aromatic N) is 9. The Balaban J connectivity index is 1.26. The molecule has 0 saturated heterocycles. The molecular formula is C67H36F3N9. The summed E-state index contributed by atoms with van der Waals surface area (Å²) >= 11 is 0. The predicted molar refractivity (Wildman–Crippen MR) is 302 cm³/mol. The number of benzene rings is 9. The fraction of sp³-hybridized carbons (Fsp3) is 0.0149. The largest absolute Gasteiger partial charge is 0.416 e. The monoisotopic (exact) mass is 1020 g/mol. The summed E-state index contributed by atoms with van der Waals surface area (Å²) in [5, 5.41) is 21.4. The molecule has 9 nitrogen and oxygen atoms in total. The van der Waals surface area contributed by atoms with E-state index < -0.39 is 11.7 Å². The fourth-order valence-electron chi connectivity index (χ4n) is 9.98. The minimum atomic E-state index is -4.87. The van der Waals surface area contributed by atoms with Gasteiger partial charge in [0.25, 0.3) is 0 Å². The zero-order chi connectivity index (χ0) is 54.2. The predicted octanol–water partition coefficient (Wildman–Crippen LogP) is 17.6. The highest BCUT2D eigenvalue weighted by atomic mass is 19.4. The average Bonchev–Trinajstić information content (AvgIpc) is 4.09. The number of fused-ring (bicyclic) bond motifs is 3. The van der Waals surface area contributed by atoms with Gasteiger partial charge in [-0.1, -0.05) is 133 Å². The Morgan fingerprint density at radius 2 is 0.772 bits per heavy atom. The van der Waals surface area contributed by atoms with Gasteiger partial charge in [0.05, 0.1) is 70.3 Å². The summed E-state index contributed by atoms with van der Waals surface area (Å²) in [7, 11) is 0. The quantitative estimate of drug-likeness (QED) is 0.133. The first-order chi connectivity index (χ1) is 38.5. The number of nitriles is 2. The van der Waals surface area contributed by atoms with Crippen molar-refractivity contribution in [1.82, 2.24) is 24.5 Å². The highest BCUT2D eigenvalue weighted by Crippen LogP contribution is 2.47. The molecule has 0 aliphatic heterocycles. The lowest BCUT2D eigenvalue weighted by Gasteiger charge is -2.22. The minimum Gasteiger partial charge on any atom is -0.308 e. The third-order valence-corrected chi connectivity index (χ3v) is 13.7. The first kappa shape index (κ1) is 48.6. The van der Waals surface area contributed by atoms with Crippen molar-refractivity contribution in [1.29, 1.82) is 10.5 Å². The molecule has 0 amide bonds. The number of hydrogen-bond acceptors (Lipinski definition) is 6. The van der Waals surface area contributed by atoms with Crippen LogP contribution in [0.4, 0.5) is 24.5 Å². The van der Waals surface area contributed by atoms with Crippen molar-refractivity contribution in [3.05, 3.63) is 258 Å². The number of aromatic nitrogens is 5. The topological polar surface area (TPSA) is 113 Å². The Kier molecular flexibility index (Phi) is 12.4. The summed E-state index contributed by atoms with van der Waals surface area (Å²) in [6.07, 6.45) is -4.87. The van der Waals surface area contributed by atoms with E-state index in [4.69, 9.17) is 33.1 Å². The summed E-state index contributed by atoms with van der Waals surface area (Å²) < 4.78 is 50.0. The van der Waals surface area contributed by atoms with E-state index in [0.717, 1.165) is 12.1 Å². The summed E-state index contributed by atoms with van der Waals surface area (Å²) in [5.41, 5.74) is 8.48. The van der Waals surface area contributed by atoms with E-state index >= 15 is 13.2 Å². The van der Waals surface area contributed by atoms with Crippen molar-refractivity contribution < 1.29 is 13.2 Å². The summed E-state index contributed by atoms with van der Waals surface area (Å²) in [5.74, 6) is 0.574. The molecule has 0 bridgehead atoms. The zero-order valence-electron chi connectivity index (χ0n) is 41.4. The minimum absolute atomic E-state index is 0.113. The number of rotatable bonds is 9. The van der Waals surface area contributed by atoms with E-state index in [1.54, 1.807) is 36.4 Å². The molecule has 3 aromatic heterocycles. The molecule has 12 heteroatoms. The number of hydrogen-bond donors (Lipinski definition) is 0. The molecule has 0 radical (unpaired) electrons. The van der Waals surface area contributed by atoms with E-state index in [1.165, 1.54) is 12.1 Å². The van der Waals surface area contributed by atoms with Crippen LogP contribution in [-0.2, 0) is 6.18 Å². The fourth-order valence-corrected chi connectivity index (χ4v) is 9.98. The summed E-state index contributed by atoms with van der Waals surface area (Å²) in [6, 6.07) is 68.6. The maximum absolute atomic E-state index is 16.0. The molecule has 0 atom stereocenters. The van der Waals surface area contributed by atoms with Gasteiger partial charge in [-0.3, -0.25) is 0 Å². The van der Waals surface area contributed by atoms with Crippen LogP contribution in [0.1, 0.15) is 16.7 Å². The molecule has 12 aromatic rings. The standard InChI is InChI=1S/C67H36F3N9/c1-73-52-29-41(39-71)27-49(31-52)47-23-25-62-54(33-47)55-34-48(50-28-42(40-72)30-53(32-50)74-2)24-26-63(55)79(62)64-56(60-37-58(43-15-7-3-8-16-43)75-65(77-60)45-19-11-5-12-20-45)35-51(67(68,69)70)36-57(64)61-38-59(44-17-9-4-10-18-44)76-66(78-61)46-21-13-6-14-22-46/h3-38H. The molecule has 9 aromatic carbocycles. The Labute approximate surface area is 451 Å². The zero-order valence-corrected chi connectivity index (χ0v) is 41.4. The van der Waals surface area contributed by atoms with Crippen molar-refractivity contribution in [2.75, 3.05) is 0 Å². The molecule has 0 unspecified atom stereocenters. The normalized spacial score (nSPS) is 11.2. The van der Waals surface area contributed by atoms with Crippen LogP contribution in [0.2, 0.25) is 0 Å². The van der Waals surface area contributed by atoms with Crippen molar-refractivity contribution >= 4 is 33.2 Å². The first-order valence-electron chi connectivity index (χ1n) is 24.8. The van der Waals surface area contributed by atoms with Crippen LogP contribution in [0.3, 0.4) is 0 Å². The van der Waals surface area contributed by atoms with E-state index in [0.29, 0.717) is 94.5 Å². The third-order valence-electron chi connectivity index (χ3n) is 13.7. The lowest BCUT2D eigenvalue weighted by atomic mass is 9.95. The molecule has 0 aliphatic rings. The number of halogens is 3. The SMILES string of the molecule is [C-]#[N+]c1cc(C#N)cc(-c2ccc3c(c2)c2cc(-c4cc(C#N)cc([N+]#[C-])c4)ccc2n3-c2c(-c3cc(-c4ccccc4)nc(-c4ccccc4)n3)cc(C(F)(F)F)cc2-c2cc(-c3ccccc3)nc(-c3ccccc3)n2)c1. The second-order valence-corrected chi connectivity index (χ2v) is 18.6. The second kappa shape index (κ2) is 20.1. The Hall–Kier alpha value is -11.3. The molecule has 12 rings (SSSR count). The molecule has 370 valence electrons. The van der Waals surface area contributed by atoms with Crippen LogP contribution in [0.5, 0.6) is 0 Å². The van der Waals surface area contributed by atoms with E-state index in [2.05, 4.69) is 21.8 Å². The average molecular weight is 1020 g/mol. The smallest absolute Gasteiger partial charge is 0.308 e. The van der Waals surface area contributed by atoms with Crippen LogP contribution in [0.15, 0.2) is 218 Å². The lowest BCUT2D eigenvalue weighted by molar-refractivity contribution is -0.137. The van der Waals surface area contributed by atoms with Gasteiger partial charge in [0.15, 0.2) is 23.0 Å². The number of alkyl halides is 3. The molecule has 79 heavy (non-hydrogen) atoms. The van der Waals surface area contributed by atoms with Gasteiger partial charge in [-0.15, -0.1) is 0 Å². The Morgan fingerprint density at radius 3 is 1.14 bits per heavy atom. The maximum atomic E-state index is 16.0. The van der Waals surface area contributed by atoms with E-state index in [9.17, 15) is 10.5 Å². The molecule has 0 fully saturated rings. The van der Waals surface area contributed by atoms with Gasteiger partial charge in [-0.05, 0) is 107 Å². The maximum Gasteiger partial charge on any atom is 0.416 e. The van der Waals surface area contributed by atoms with E-state index in [1.807, 2.05) is 162 Å². The van der Waals surface area contributed by atoms with Crippen LogP contribution in [0.25, 0.3) is 127 Å². The van der Waals surface area contributed by atoms with E-state index in [-0.39, 0.29) is 45.5 Å². The molecular weight excluding hydrogens is 988 g/mol. The van der Waals surface area contributed by atoms with Crippen LogP contribution < -0.4 is 0 Å². The highest BCUT2D eigenvalue weighted by molar-refractivity contribution is 6.13. The van der Waals surface area contributed by atoms with Crippen molar-refractivity contribution in [3.8, 4) is 108 Å². The highest BCUT2D eigenvalue weighted by Gasteiger charge is 2.35. The van der Waals surface area contributed by atoms with Gasteiger partial charge >= 0.3 is 6.18 Å². The summed E-state index contributed by atoms with van der Waals surface area (Å²) in [6.45, 7) is 15.7. The van der Waals surface area contributed by atoms with Crippen molar-refractivity contribution in [3.63, 3.8) is 0 Å². The summed E-state index contributed by atoms with van der Waals surface area (Å²) in [4.78, 5) is 27.7. The van der Waals surface area contributed by atoms with Crippen LogP contribution in [0, 0.1) is 35.8 Å². The van der Waals surface area contributed by atoms with Gasteiger partial charge < -0.3 is 4.57 Å². The van der Waals surface area contributed by atoms with Crippen molar-refractivity contribution in [2.45, 2.75) is 6.18 Å². The molecule has 0 aliphatic carbocycles. The molecule has 3 heterocycles. The van der Waals surface area contributed by atoms with Gasteiger partial charge in [-0.25, -0.2) is 29.6 Å². The Morgan fingerprint density at radius 1 is 0.392 bits per heavy atom. The van der Waals surface area contributed by atoms with Crippen LogP contribution >= 0.6 is 0 Å². The second-order valence-electron chi connectivity index (χ2n) is 18.6. The third kappa shape index (κ3) is 9.36. The lowest BCUT2D eigenvalue weighted by Crippen LogP contribution is -2.10.